The third-order valence-corrected chi connectivity index (χ3v) is 4.68. The standard InChI is InChI=1S/C14H23NS/c1-3-15-13(12-7-10-16-11-12)14(2)8-5-4-6-9-14/h7,10-11,13,15H,3-6,8-9H2,1-2H3. The van der Waals surface area contributed by atoms with E-state index in [-0.39, 0.29) is 0 Å². The second-order valence-electron chi connectivity index (χ2n) is 5.26. The Kier molecular flexibility index (Phi) is 4.04. The quantitative estimate of drug-likeness (QED) is 0.820. The van der Waals surface area contributed by atoms with Crippen LogP contribution in [0.2, 0.25) is 0 Å². The second-order valence-corrected chi connectivity index (χ2v) is 6.04. The minimum Gasteiger partial charge on any atom is -0.310 e. The molecule has 1 aliphatic rings. The van der Waals surface area contributed by atoms with Gasteiger partial charge in [0.2, 0.25) is 0 Å². The molecule has 0 bridgehead atoms. The van der Waals surface area contributed by atoms with Crippen molar-refractivity contribution >= 4 is 11.3 Å². The van der Waals surface area contributed by atoms with Gasteiger partial charge >= 0.3 is 0 Å². The SMILES string of the molecule is CCNC(c1ccsc1)C1(C)CCCCC1. The second kappa shape index (κ2) is 5.33. The average molecular weight is 237 g/mol. The fraction of sp³-hybridized carbons (Fsp3) is 0.714. The summed E-state index contributed by atoms with van der Waals surface area (Å²) in [6.45, 7) is 5.75. The van der Waals surface area contributed by atoms with Crippen molar-refractivity contribution in [3.8, 4) is 0 Å². The van der Waals surface area contributed by atoms with E-state index in [1.54, 1.807) is 0 Å². The van der Waals surface area contributed by atoms with Crippen molar-refractivity contribution in [2.75, 3.05) is 6.54 Å². The lowest BCUT2D eigenvalue weighted by Crippen LogP contribution is -2.37. The van der Waals surface area contributed by atoms with Crippen LogP contribution in [-0.2, 0) is 0 Å². The van der Waals surface area contributed by atoms with Crippen molar-refractivity contribution in [1.82, 2.24) is 5.32 Å². The molecule has 1 aliphatic carbocycles. The van der Waals surface area contributed by atoms with Crippen LogP contribution >= 0.6 is 11.3 Å². The Morgan fingerprint density at radius 2 is 2.12 bits per heavy atom. The molecule has 1 saturated carbocycles. The van der Waals surface area contributed by atoms with Gasteiger partial charge in [-0.05, 0) is 47.2 Å². The van der Waals surface area contributed by atoms with Crippen LogP contribution in [0, 0.1) is 5.41 Å². The molecule has 0 aliphatic heterocycles. The van der Waals surface area contributed by atoms with Crippen molar-refractivity contribution in [3.05, 3.63) is 22.4 Å². The van der Waals surface area contributed by atoms with Crippen LogP contribution in [0.4, 0.5) is 0 Å². The Morgan fingerprint density at radius 1 is 1.38 bits per heavy atom. The highest BCUT2D eigenvalue weighted by atomic mass is 32.1. The summed E-state index contributed by atoms with van der Waals surface area (Å²) in [4.78, 5) is 0. The molecule has 0 amide bonds. The lowest BCUT2D eigenvalue weighted by atomic mass is 9.69. The zero-order valence-corrected chi connectivity index (χ0v) is 11.3. The fourth-order valence-corrected chi connectivity index (χ4v) is 3.74. The smallest absolute Gasteiger partial charge is 0.0382 e. The molecule has 0 aromatic carbocycles. The normalized spacial score (nSPS) is 21.9. The minimum atomic E-state index is 0.468. The molecule has 0 radical (unpaired) electrons. The molecule has 0 saturated heterocycles. The molecule has 1 fully saturated rings. The van der Waals surface area contributed by atoms with Crippen molar-refractivity contribution in [3.63, 3.8) is 0 Å². The van der Waals surface area contributed by atoms with Crippen LogP contribution in [-0.4, -0.2) is 6.54 Å². The maximum atomic E-state index is 3.70. The molecular formula is C14H23NS. The molecule has 90 valence electrons. The molecule has 1 heterocycles. The van der Waals surface area contributed by atoms with Gasteiger partial charge in [0.1, 0.15) is 0 Å². The van der Waals surface area contributed by atoms with E-state index in [2.05, 4.69) is 36.0 Å². The number of nitrogens with one attached hydrogen (secondary N) is 1. The summed E-state index contributed by atoms with van der Waals surface area (Å²) in [6.07, 6.45) is 6.99. The molecule has 1 atom stereocenters. The monoisotopic (exact) mass is 237 g/mol. The summed E-state index contributed by atoms with van der Waals surface area (Å²) < 4.78 is 0. The van der Waals surface area contributed by atoms with Crippen LogP contribution in [0.5, 0.6) is 0 Å². The third-order valence-electron chi connectivity index (χ3n) is 3.98. The van der Waals surface area contributed by atoms with Gasteiger partial charge < -0.3 is 5.32 Å². The van der Waals surface area contributed by atoms with Gasteiger partial charge in [0.15, 0.2) is 0 Å². The van der Waals surface area contributed by atoms with Gasteiger partial charge in [0.25, 0.3) is 0 Å². The van der Waals surface area contributed by atoms with E-state index >= 15 is 0 Å². The third kappa shape index (κ3) is 2.49. The molecule has 16 heavy (non-hydrogen) atoms. The number of rotatable bonds is 4. The minimum absolute atomic E-state index is 0.468. The molecule has 0 spiro atoms. The lowest BCUT2D eigenvalue weighted by Gasteiger charge is -2.41. The largest absolute Gasteiger partial charge is 0.310 e. The Balaban J connectivity index is 2.17. The van der Waals surface area contributed by atoms with E-state index in [1.165, 1.54) is 37.7 Å². The van der Waals surface area contributed by atoms with Crippen molar-refractivity contribution in [1.29, 1.82) is 0 Å². The molecule has 1 N–H and O–H groups in total. The highest BCUT2D eigenvalue weighted by Gasteiger charge is 2.35. The van der Waals surface area contributed by atoms with E-state index in [0.29, 0.717) is 11.5 Å². The lowest BCUT2D eigenvalue weighted by molar-refractivity contribution is 0.146. The summed E-state index contributed by atoms with van der Waals surface area (Å²) in [5.74, 6) is 0. The molecular weight excluding hydrogens is 214 g/mol. The average Bonchev–Trinajstić information content (AvgIpc) is 2.80. The van der Waals surface area contributed by atoms with Gasteiger partial charge in [0.05, 0.1) is 0 Å². The topological polar surface area (TPSA) is 12.0 Å². The van der Waals surface area contributed by atoms with Crippen LogP contribution < -0.4 is 5.32 Å². The summed E-state index contributed by atoms with van der Waals surface area (Å²) in [5.41, 5.74) is 1.96. The van der Waals surface area contributed by atoms with Crippen LogP contribution in [0.15, 0.2) is 16.8 Å². The Bertz CT molecular complexity index is 299. The van der Waals surface area contributed by atoms with Gasteiger partial charge in [-0.1, -0.05) is 33.1 Å². The van der Waals surface area contributed by atoms with Gasteiger partial charge in [-0.3, -0.25) is 0 Å². The highest BCUT2D eigenvalue weighted by molar-refractivity contribution is 7.07. The van der Waals surface area contributed by atoms with Gasteiger partial charge in [-0.2, -0.15) is 11.3 Å². The maximum Gasteiger partial charge on any atom is 0.0382 e. The fourth-order valence-electron chi connectivity index (χ4n) is 3.06. The first-order chi connectivity index (χ1) is 7.76. The van der Waals surface area contributed by atoms with Crippen molar-refractivity contribution in [2.24, 2.45) is 5.41 Å². The van der Waals surface area contributed by atoms with Gasteiger partial charge in [0, 0.05) is 6.04 Å². The molecule has 1 unspecified atom stereocenters. The number of hydrogen-bond acceptors (Lipinski definition) is 2. The van der Waals surface area contributed by atoms with E-state index < -0.39 is 0 Å². The molecule has 1 nitrogen and oxygen atoms in total. The number of hydrogen-bond donors (Lipinski definition) is 1. The molecule has 2 heteroatoms. The first kappa shape index (κ1) is 12.1. The summed E-state index contributed by atoms with van der Waals surface area (Å²) in [7, 11) is 0. The van der Waals surface area contributed by atoms with Crippen LogP contribution in [0.25, 0.3) is 0 Å². The first-order valence-corrected chi connectivity index (χ1v) is 7.46. The predicted octanol–water partition coefficient (Wildman–Crippen LogP) is 4.37. The van der Waals surface area contributed by atoms with Crippen LogP contribution in [0.3, 0.4) is 0 Å². The summed E-state index contributed by atoms with van der Waals surface area (Å²) >= 11 is 1.82. The first-order valence-electron chi connectivity index (χ1n) is 6.52. The van der Waals surface area contributed by atoms with E-state index in [4.69, 9.17) is 0 Å². The van der Waals surface area contributed by atoms with E-state index in [0.717, 1.165) is 6.54 Å². The van der Waals surface area contributed by atoms with E-state index in [1.807, 2.05) is 11.3 Å². The number of thiophene rings is 1. The molecule has 1 aromatic rings. The Morgan fingerprint density at radius 3 is 2.69 bits per heavy atom. The maximum absolute atomic E-state index is 3.70. The van der Waals surface area contributed by atoms with Crippen LogP contribution in [0.1, 0.15) is 57.6 Å². The Hall–Kier alpha value is -0.340. The molecule has 1 aromatic heterocycles. The zero-order chi connectivity index (χ0) is 11.4. The summed E-state index contributed by atoms with van der Waals surface area (Å²) in [5, 5.41) is 8.21. The highest BCUT2D eigenvalue weighted by Crippen LogP contribution is 2.45. The zero-order valence-electron chi connectivity index (χ0n) is 10.5. The Labute approximate surface area is 103 Å². The predicted molar refractivity (Wildman–Crippen MR) is 71.9 cm³/mol. The summed E-state index contributed by atoms with van der Waals surface area (Å²) in [6, 6.07) is 2.85. The van der Waals surface area contributed by atoms with E-state index in [9.17, 15) is 0 Å². The van der Waals surface area contributed by atoms with Gasteiger partial charge in [-0.25, -0.2) is 0 Å². The van der Waals surface area contributed by atoms with Crippen molar-refractivity contribution in [2.45, 2.75) is 52.0 Å². The van der Waals surface area contributed by atoms with Crippen molar-refractivity contribution < 1.29 is 0 Å². The van der Waals surface area contributed by atoms with Gasteiger partial charge in [-0.15, -0.1) is 0 Å². The molecule has 2 rings (SSSR count).